The predicted octanol–water partition coefficient (Wildman–Crippen LogP) is 3.03. The molecule has 148 valence electrons. The van der Waals surface area contributed by atoms with E-state index in [0.29, 0.717) is 12.6 Å². The molecule has 6 nitrogen and oxygen atoms in total. The van der Waals surface area contributed by atoms with Crippen molar-refractivity contribution in [3.63, 3.8) is 0 Å². The summed E-state index contributed by atoms with van der Waals surface area (Å²) in [5, 5.41) is 8.60. The molecule has 1 N–H and O–H groups in total. The number of carbonyl (C=O) groups excluding carboxylic acids is 1. The van der Waals surface area contributed by atoms with Crippen LogP contribution in [-0.4, -0.2) is 43.8 Å². The third kappa shape index (κ3) is 4.12. The van der Waals surface area contributed by atoms with Crippen LogP contribution in [0.3, 0.4) is 0 Å². The second-order valence-corrected chi connectivity index (χ2v) is 8.02. The maximum atomic E-state index is 12.3. The molecule has 0 unspecified atom stereocenters. The Labute approximate surface area is 166 Å². The van der Waals surface area contributed by atoms with Crippen molar-refractivity contribution in [3.05, 3.63) is 54.5 Å². The Morgan fingerprint density at radius 2 is 2.14 bits per heavy atom. The lowest BCUT2D eigenvalue weighted by Gasteiger charge is -2.24. The van der Waals surface area contributed by atoms with E-state index in [2.05, 4.69) is 44.3 Å². The number of hydrogen-bond donors (Lipinski definition) is 1. The van der Waals surface area contributed by atoms with E-state index in [-0.39, 0.29) is 11.9 Å². The first-order valence-corrected chi connectivity index (χ1v) is 10.2. The average Bonchev–Trinajstić information content (AvgIpc) is 3.38. The Bertz CT molecular complexity index is 928. The first-order valence-electron chi connectivity index (χ1n) is 10.2. The molecule has 0 saturated carbocycles. The van der Waals surface area contributed by atoms with Crippen LogP contribution in [0.5, 0.6) is 0 Å². The molecule has 3 heterocycles. The smallest absolute Gasteiger partial charge is 0.240 e. The summed E-state index contributed by atoms with van der Waals surface area (Å²) in [6.07, 6.45) is 8.47. The molecule has 1 fully saturated rings. The first kappa shape index (κ1) is 18.7. The second kappa shape index (κ2) is 8.19. The third-order valence-electron chi connectivity index (χ3n) is 5.46. The van der Waals surface area contributed by atoms with Gasteiger partial charge in [-0.25, -0.2) is 0 Å². The summed E-state index contributed by atoms with van der Waals surface area (Å²) in [5.41, 5.74) is 2.42. The first-order chi connectivity index (χ1) is 13.6. The van der Waals surface area contributed by atoms with Gasteiger partial charge in [-0.05, 0) is 50.9 Å². The van der Waals surface area contributed by atoms with Crippen LogP contribution in [-0.2, 0) is 24.4 Å². The third-order valence-corrected chi connectivity index (χ3v) is 5.46. The number of para-hydroxylation sites is 1. The van der Waals surface area contributed by atoms with Gasteiger partial charge in [-0.2, -0.15) is 5.10 Å². The minimum Gasteiger partial charge on any atom is -0.352 e. The highest BCUT2D eigenvalue weighted by molar-refractivity contribution is 5.86. The van der Waals surface area contributed by atoms with Gasteiger partial charge < -0.3 is 9.88 Å². The van der Waals surface area contributed by atoms with Crippen molar-refractivity contribution in [2.24, 2.45) is 0 Å². The van der Waals surface area contributed by atoms with E-state index in [1.165, 1.54) is 23.8 Å². The van der Waals surface area contributed by atoms with Crippen LogP contribution < -0.4 is 5.32 Å². The standard InChI is InChI=1S/C22H29N5O/c1-17(2)24-22(28)16-26-14-18(20-8-3-4-9-21(20)26)13-25-11-5-7-19(25)15-27-12-6-10-23-27/h3-4,6,8-10,12,14,17,19H,5,7,11,13,15-16H2,1-2H3,(H,24,28)/t19-/m0/s1. The average molecular weight is 380 g/mol. The molecule has 1 aliphatic heterocycles. The minimum atomic E-state index is 0.0556. The molecule has 1 amide bonds. The Morgan fingerprint density at radius 1 is 1.29 bits per heavy atom. The van der Waals surface area contributed by atoms with Gasteiger partial charge in [0.2, 0.25) is 5.91 Å². The van der Waals surface area contributed by atoms with Gasteiger partial charge in [0.25, 0.3) is 0 Å². The molecule has 0 spiro atoms. The van der Waals surface area contributed by atoms with E-state index in [1.807, 2.05) is 43.1 Å². The SMILES string of the molecule is CC(C)NC(=O)Cn1cc(CN2CCC[C@H]2Cn2cccn2)c2ccccc21. The minimum absolute atomic E-state index is 0.0556. The maximum absolute atomic E-state index is 12.3. The Kier molecular flexibility index (Phi) is 5.48. The summed E-state index contributed by atoms with van der Waals surface area (Å²) in [4.78, 5) is 14.9. The Morgan fingerprint density at radius 3 is 2.93 bits per heavy atom. The van der Waals surface area contributed by atoms with Crippen molar-refractivity contribution < 1.29 is 4.79 Å². The van der Waals surface area contributed by atoms with Gasteiger partial charge >= 0.3 is 0 Å². The molecular weight excluding hydrogens is 350 g/mol. The van der Waals surface area contributed by atoms with Crippen LogP contribution in [0.4, 0.5) is 0 Å². The van der Waals surface area contributed by atoms with Gasteiger partial charge in [0.1, 0.15) is 6.54 Å². The van der Waals surface area contributed by atoms with Gasteiger partial charge in [-0.3, -0.25) is 14.4 Å². The van der Waals surface area contributed by atoms with Crippen LogP contribution in [0.1, 0.15) is 32.3 Å². The fourth-order valence-corrected chi connectivity index (χ4v) is 4.26. The number of rotatable bonds is 7. The maximum Gasteiger partial charge on any atom is 0.240 e. The molecule has 2 aromatic heterocycles. The normalized spacial score (nSPS) is 17.6. The van der Waals surface area contributed by atoms with Crippen molar-refractivity contribution in [1.29, 1.82) is 0 Å². The van der Waals surface area contributed by atoms with E-state index in [9.17, 15) is 4.79 Å². The number of fused-ring (bicyclic) bond motifs is 1. The quantitative estimate of drug-likeness (QED) is 0.687. The van der Waals surface area contributed by atoms with Crippen molar-refractivity contribution in [2.75, 3.05) is 6.54 Å². The molecular formula is C22H29N5O. The Hall–Kier alpha value is -2.60. The number of carbonyl (C=O) groups is 1. The van der Waals surface area contributed by atoms with Crippen LogP contribution in [0.15, 0.2) is 48.9 Å². The van der Waals surface area contributed by atoms with Crippen LogP contribution in [0.2, 0.25) is 0 Å². The molecule has 1 aromatic carbocycles. The van der Waals surface area contributed by atoms with Crippen molar-refractivity contribution in [3.8, 4) is 0 Å². The molecule has 4 rings (SSSR count). The van der Waals surface area contributed by atoms with Crippen LogP contribution in [0.25, 0.3) is 10.9 Å². The topological polar surface area (TPSA) is 55.1 Å². The molecule has 0 radical (unpaired) electrons. The molecule has 1 atom stereocenters. The number of nitrogens with zero attached hydrogens (tertiary/aromatic N) is 4. The lowest BCUT2D eigenvalue weighted by Crippen LogP contribution is -2.33. The Balaban J connectivity index is 1.54. The van der Waals surface area contributed by atoms with Gasteiger partial charge in [0.15, 0.2) is 0 Å². The lowest BCUT2D eigenvalue weighted by atomic mass is 10.1. The van der Waals surface area contributed by atoms with Gasteiger partial charge in [-0.1, -0.05) is 18.2 Å². The molecule has 3 aromatic rings. The zero-order chi connectivity index (χ0) is 19.5. The summed E-state index contributed by atoms with van der Waals surface area (Å²) in [5.74, 6) is 0.0556. The van der Waals surface area contributed by atoms with E-state index >= 15 is 0 Å². The second-order valence-electron chi connectivity index (χ2n) is 8.02. The summed E-state index contributed by atoms with van der Waals surface area (Å²) < 4.78 is 4.11. The fourth-order valence-electron chi connectivity index (χ4n) is 4.26. The van der Waals surface area contributed by atoms with Crippen LogP contribution >= 0.6 is 0 Å². The van der Waals surface area contributed by atoms with E-state index in [0.717, 1.165) is 25.2 Å². The number of benzene rings is 1. The summed E-state index contributed by atoms with van der Waals surface area (Å²) in [6.45, 7) is 7.29. The van der Waals surface area contributed by atoms with Crippen molar-refractivity contribution >= 4 is 16.8 Å². The number of nitrogens with one attached hydrogen (secondary N) is 1. The number of hydrogen-bond acceptors (Lipinski definition) is 3. The molecule has 6 heteroatoms. The van der Waals surface area contributed by atoms with Crippen molar-refractivity contribution in [1.82, 2.24) is 24.6 Å². The van der Waals surface area contributed by atoms with Crippen molar-refractivity contribution in [2.45, 2.75) is 58.4 Å². The molecule has 1 aliphatic rings. The monoisotopic (exact) mass is 379 g/mol. The van der Waals surface area contributed by atoms with E-state index in [4.69, 9.17) is 0 Å². The highest BCUT2D eigenvalue weighted by Crippen LogP contribution is 2.27. The summed E-state index contributed by atoms with van der Waals surface area (Å²) in [6, 6.07) is 11.0. The predicted molar refractivity (Wildman–Crippen MR) is 111 cm³/mol. The molecule has 1 saturated heterocycles. The van der Waals surface area contributed by atoms with E-state index in [1.54, 1.807) is 0 Å². The zero-order valence-electron chi connectivity index (χ0n) is 16.7. The van der Waals surface area contributed by atoms with Gasteiger partial charge in [0.05, 0.1) is 6.54 Å². The molecule has 0 bridgehead atoms. The van der Waals surface area contributed by atoms with Crippen LogP contribution in [0, 0.1) is 0 Å². The molecule has 0 aliphatic carbocycles. The van der Waals surface area contributed by atoms with Gasteiger partial charge in [0, 0.05) is 48.1 Å². The zero-order valence-corrected chi connectivity index (χ0v) is 16.7. The summed E-state index contributed by atoms with van der Waals surface area (Å²) >= 11 is 0. The molecule has 28 heavy (non-hydrogen) atoms. The highest BCUT2D eigenvalue weighted by Gasteiger charge is 2.26. The number of amides is 1. The van der Waals surface area contributed by atoms with E-state index < -0.39 is 0 Å². The largest absolute Gasteiger partial charge is 0.352 e. The summed E-state index contributed by atoms with van der Waals surface area (Å²) in [7, 11) is 0. The lowest BCUT2D eigenvalue weighted by molar-refractivity contribution is -0.122. The number of likely N-dealkylation sites (tertiary alicyclic amines) is 1. The fraction of sp³-hybridized carbons (Fsp3) is 0.455. The van der Waals surface area contributed by atoms with Gasteiger partial charge in [-0.15, -0.1) is 0 Å². The highest BCUT2D eigenvalue weighted by atomic mass is 16.2. The number of aromatic nitrogens is 3.